The molecule has 0 N–H and O–H groups in total. The second kappa shape index (κ2) is 8.05. The van der Waals surface area contributed by atoms with Crippen molar-refractivity contribution in [1.82, 2.24) is 4.90 Å². The van der Waals surface area contributed by atoms with Crippen LogP contribution >= 0.6 is 0 Å². The van der Waals surface area contributed by atoms with Crippen LogP contribution in [0.3, 0.4) is 0 Å². The van der Waals surface area contributed by atoms with Crippen molar-refractivity contribution in [3.8, 4) is 0 Å². The Labute approximate surface area is 157 Å². The van der Waals surface area contributed by atoms with E-state index >= 15 is 0 Å². The zero-order valence-electron chi connectivity index (χ0n) is 16.0. The summed E-state index contributed by atoms with van der Waals surface area (Å²) in [6.45, 7) is 8.64. The Morgan fingerprint density at radius 2 is 1.62 bits per heavy atom. The van der Waals surface area contributed by atoms with E-state index in [0.29, 0.717) is 12.6 Å². The number of hydrogen-bond acceptors (Lipinski definition) is 3. The van der Waals surface area contributed by atoms with Crippen molar-refractivity contribution in [3.05, 3.63) is 71.8 Å². The number of benzene rings is 2. The normalized spacial score (nSPS) is 18.2. The molecule has 1 saturated heterocycles. The number of likely N-dealkylation sites (tertiary alicyclic amines) is 1. The molecule has 3 heteroatoms. The summed E-state index contributed by atoms with van der Waals surface area (Å²) in [5, 5.41) is 0. The first-order valence-electron chi connectivity index (χ1n) is 9.63. The predicted molar refractivity (Wildman–Crippen MR) is 105 cm³/mol. The van der Waals surface area contributed by atoms with Crippen molar-refractivity contribution >= 4 is 5.97 Å². The lowest BCUT2D eigenvalue weighted by atomic mass is 9.65. The summed E-state index contributed by atoms with van der Waals surface area (Å²) in [4.78, 5) is 16.0. The highest BCUT2D eigenvalue weighted by molar-refractivity contribution is 5.88. The summed E-state index contributed by atoms with van der Waals surface area (Å²) in [7, 11) is 0. The van der Waals surface area contributed by atoms with Gasteiger partial charge in [-0.25, -0.2) is 0 Å². The molecule has 1 atom stereocenters. The highest BCUT2D eigenvalue weighted by Gasteiger charge is 2.52. The molecule has 3 nitrogen and oxygen atoms in total. The second-order valence-corrected chi connectivity index (χ2v) is 7.33. The molecule has 26 heavy (non-hydrogen) atoms. The fourth-order valence-electron chi connectivity index (χ4n) is 4.30. The van der Waals surface area contributed by atoms with Crippen LogP contribution in [0.15, 0.2) is 60.7 Å². The first kappa shape index (κ1) is 18.7. The predicted octanol–water partition coefficient (Wildman–Crippen LogP) is 4.27. The van der Waals surface area contributed by atoms with Gasteiger partial charge in [0.25, 0.3) is 0 Å². The molecule has 0 bridgehead atoms. The van der Waals surface area contributed by atoms with E-state index < -0.39 is 5.41 Å². The summed E-state index contributed by atoms with van der Waals surface area (Å²) >= 11 is 0. The summed E-state index contributed by atoms with van der Waals surface area (Å²) in [6, 6.07) is 20.8. The molecule has 0 amide bonds. The molecule has 3 rings (SSSR count). The maximum atomic E-state index is 13.5. The molecule has 1 fully saturated rings. The Kier molecular flexibility index (Phi) is 5.77. The number of esters is 1. The fraction of sp³-hybridized carbons (Fsp3) is 0.435. The van der Waals surface area contributed by atoms with Crippen molar-refractivity contribution in [2.45, 2.75) is 38.6 Å². The lowest BCUT2D eigenvalue weighted by molar-refractivity contribution is -0.150. The third-order valence-electron chi connectivity index (χ3n) is 5.62. The molecular weight excluding hydrogens is 322 g/mol. The quantitative estimate of drug-likeness (QED) is 0.728. The molecule has 1 heterocycles. The molecule has 0 spiro atoms. The highest BCUT2D eigenvalue weighted by Crippen LogP contribution is 2.45. The van der Waals surface area contributed by atoms with E-state index in [-0.39, 0.29) is 11.9 Å². The van der Waals surface area contributed by atoms with Gasteiger partial charge in [0, 0.05) is 12.6 Å². The average molecular weight is 351 g/mol. The lowest BCUT2D eigenvalue weighted by Gasteiger charge is -2.38. The fourth-order valence-corrected chi connectivity index (χ4v) is 4.30. The number of carbonyl (C=O) groups excluding carboxylic acids is 1. The first-order chi connectivity index (χ1) is 12.6. The van der Waals surface area contributed by atoms with Crippen LogP contribution in [0.1, 0.15) is 38.3 Å². The summed E-state index contributed by atoms with van der Waals surface area (Å²) in [6.07, 6.45) is 0.987. The van der Waals surface area contributed by atoms with Gasteiger partial charge in [-0.05, 0) is 50.8 Å². The number of rotatable bonds is 6. The maximum absolute atomic E-state index is 13.5. The van der Waals surface area contributed by atoms with Gasteiger partial charge >= 0.3 is 5.97 Å². The van der Waals surface area contributed by atoms with Gasteiger partial charge < -0.3 is 9.64 Å². The highest BCUT2D eigenvalue weighted by atomic mass is 16.5. The maximum Gasteiger partial charge on any atom is 0.321 e. The SMILES string of the molecule is CCOC(=O)C(c1ccccc1)(c1ccccc1)[C@@H]1CCN(C(C)C)C1. The molecule has 2 aromatic carbocycles. The number of carbonyl (C=O) groups is 1. The zero-order chi connectivity index (χ0) is 18.6. The Bertz CT molecular complexity index is 672. The van der Waals surface area contributed by atoms with Crippen molar-refractivity contribution in [2.75, 3.05) is 19.7 Å². The van der Waals surface area contributed by atoms with Crippen LogP contribution in [0.2, 0.25) is 0 Å². The van der Waals surface area contributed by atoms with Gasteiger partial charge in [-0.15, -0.1) is 0 Å². The summed E-state index contributed by atoms with van der Waals surface area (Å²) < 4.78 is 5.67. The van der Waals surface area contributed by atoms with Crippen LogP contribution in [0.4, 0.5) is 0 Å². The third kappa shape index (κ3) is 3.28. The second-order valence-electron chi connectivity index (χ2n) is 7.33. The van der Waals surface area contributed by atoms with Crippen molar-refractivity contribution in [1.29, 1.82) is 0 Å². The van der Waals surface area contributed by atoms with Crippen molar-refractivity contribution in [3.63, 3.8) is 0 Å². The minimum absolute atomic E-state index is 0.131. The Morgan fingerprint density at radius 3 is 2.04 bits per heavy atom. The average Bonchev–Trinajstić information content (AvgIpc) is 3.15. The molecule has 138 valence electrons. The van der Waals surface area contributed by atoms with Gasteiger partial charge in [0.2, 0.25) is 0 Å². The van der Waals surface area contributed by atoms with Crippen molar-refractivity contribution < 1.29 is 9.53 Å². The monoisotopic (exact) mass is 351 g/mol. The van der Waals surface area contributed by atoms with E-state index in [0.717, 1.165) is 30.6 Å². The van der Waals surface area contributed by atoms with E-state index in [4.69, 9.17) is 4.74 Å². The Balaban J connectivity index is 2.17. The van der Waals surface area contributed by atoms with E-state index in [1.54, 1.807) is 0 Å². The van der Waals surface area contributed by atoms with E-state index in [1.165, 1.54) is 0 Å². The smallest absolute Gasteiger partial charge is 0.321 e. The molecule has 0 saturated carbocycles. The molecule has 1 aliphatic heterocycles. The van der Waals surface area contributed by atoms with Gasteiger partial charge in [-0.3, -0.25) is 4.79 Å². The molecule has 0 unspecified atom stereocenters. The van der Waals surface area contributed by atoms with Gasteiger partial charge in [-0.2, -0.15) is 0 Å². The van der Waals surface area contributed by atoms with Crippen molar-refractivity contribution in [2.24, 2.45) is 5.92 Å². The minimum Gasteiger partial charge on any atom is -0.465 e. The van der Waals surface area contributed by atoms with Crippen LogP contribution in [-0.2, 0) is 14.9 Å². The molecule has 2 aromatic rings. The number of hydrogen-bond donors (Lipinski definition) is 0. The van der Waals surface area contributed by atoms with Gasteiger partial charge in [-0.1, -0.05) is 60.7 Å². The van der Waals surface area contributed by atoms with E-state index in [2.05, 4.69) is 43.0 Å². The molecule has 1 aliphatic rings. The topological polar surface area (TPSA) is 29.5 Å². The third-order valence-corrected chi connectivity index (χ3v) is 5.62. The van der Waals surface area contributed by atoms with E-state index in [9.17, 15) is 4.79 Å². The molecule has 0 radical (unpaired) electrons. The minimum atomic E-state index is -0.762. The van der Waals surface area contributed by atoms with Crippen LogP contribution in [-0.4, -0.2) is 36.6 Å². The first-order valence-corrected chi connectivity index (χ1v) is 9.63. The summed E-state index contributed by atoms with van der Waals surface area (Å²) in [5.41, 5.74) is 1.29. The van der Waals surface area contributed by atoms with Gasteiger partial charge in [0.05, 0.1) is 6.61 Å². The van der Waals surface area contributed by atoms with Gasteiger partial charge in [0.1, 0.15) is 5.41 Å². The van der Waals surface area contributed by atoms with Crippen LogP contribution in [0.25, 0.3) is 0 Å². The Hall–Kier alpha value is -2.13. The molecule has 0 aliphatic carbocycles. The largest absolute Gasteiger partial charge is 0.465 e. The van der Waals surface area contributed by atoms with E-state index in [1.807, 2.05) is 43.3 Å². The molecular formula is C23H29NO2. The standard InChI is InChI=1S/C23H29NO2/c1-4-26-22(25)23(19-11-7-5-8-12-19,20-13-9-6-10-14-20)21-15-16-24(17-21)18(2)3/h5-14,18,21H,4,15-17H2,1-3H3/t21-/m1/s1. The lowest BCUT2D eigenvalue weighted by Crippen LogP contribution is -2.47. The van der Waals surface area contributed by atoms with Crippen LogP contribution in [0, 0.1) is 5.92 Å². The molecule has 0 aromatic heterocycles. The number of nitrogens with zero attached hydrogens (tertiary/aromatic N) is 1. The zero-order valence-corrected chi connectivity index (χ0v) is 16.0. The van der Waals surface area contributed by atoms with Gasteiger partial charge in [0.15, 0.2) is 0 Å². The van der Waals surface area contributed by atoms with Crippen LogP contribution in [0.5, 0.6) is 0 Å². The van der Waals surface area contributed by atoms with Crippen LogP contribution < -0.4 is 0 Å². The number of ether oxygens (including phenoxy) is 1. The Morgan fingerprint density at radius 1 is 1.08 bits per heavy atom. The summed E-state index contributed by atoms with van der Waals surface area (Å²) in [5.74, 6) is 0.0572.